The van der Waals surface area contributed by atoms with Crippen LogP contribution in [-0.2, 0) is 6.18 Å². The van der Waals surface area contributed by atoms with Crippen LogP contribution in [0.2, 0.25) is 0 Å². The van der Waals surface area contributed by atoms with Gasteiger partial charge >= 0.3 is 6.18 Å². The first-order valence-electron chi connectivity index (χ1n) is 6.04. The molecule has 0 amide bonds. The van der Waals surface area contributed by atoms with E-state index in [4.69, 9.17) is 5.84 Å². The third kappa shape index (κ3) is 3.82. The quantitative estimate of drug-likeness (QED) is 0.596. The van der Waals surface area contributed by atoms with Crippen LogP contribution in [0.5, 0.6) is 0 Å². The van der Waals surface area contributed by atoms with E-state index in [0.29, 0.717) is 0 Å². The smallest absolute Gasteiger partial charge is 0.361 e. The van der Waals surface area contributed by atoms with Gasteiger partial charge in [-0.05, 0) is 26.0 Å². The van der Waals surface area contributed by atoms with E-state index in [-0.39, 0.29) is 17.7 Å². The monoisotopic (exact) mass is 317 g/mol. The molecule has 1 unspecified atom stereocenters. The van der Waals surface area contributed by atoms with Gasteiger partial charge in [0.2, 0.25) is 0 Å². The summed E-state index contributed by atoms with van der Waals surface area (Å²) >= 11 is 1.43. The molecule has 114 valence electrons. The summed E-state index contributed by atoms with van der Waals surface area (Å²) in [6, 6.07) is 1.53. The number of nitrogens with one attached hydrogen (secondary N) is 2. The van der Waals surface area contributed by atoms with Crippen molar-refractivity contribution in [3.05, 3.63) is 33.8 Å². The summed E-state index contributed by atoms with van der Waals surface area (Å²) in [5, 5.41) is 5.55. The maximum atomic E-state index is 12.8. The summed E-state index contributed by atoms with van der Waals surface area (Å²) in [4.78, 5) is 8.25. The molecule has 2 aromatic rings. The lowest BCUT2D eigenvalue weighted by Crippen LogP contribution is -2.15. The van der Waals surface area contributed by atoms with Gasteiger partial charge in [0.15, 0.2) is 0 Å². The Bertz CT molecular complexity index is 626. The van der Waals surface area contributed by atoms with Crippen molar-refractivity contribution in [2.45, 2.75) is 26.1 Å². The molecular formula is C12H14F3N5S. The van der Waals surface area contributed by atoms with Crippen molar-refractivity contribution >= 4 is 23.0 Å². The zero-order valence-corrected chi connectivity index (χ0v) is 12.1. The molecular weight excluding hydrogens is 303 g/mol. The van der Waals surface area contributed by atoms with E-state index in [9.17, 15) is 13.2 Å². The fourth-order valence-electron chi connectivity index (χ4n) is 1.70. The number of nitrogens with zero attached hydrogens (tertiary/aromatic N) is 2. The predicted molar refractivity (Wildman–Crippen MR) is 75.9 cm³/mol. The zero-order chi connectivity index (χ0) is 15.6. The molecule has 21 heavy (non-hydrogen) atoms. The Kier molecular flexibility index (Phi) is 4.33. The highest BCUT2D eigenvalue weighted by molar-refractivity contribution is 7.09. The van der Waals surface area contributed by atoms with Crippen molar-refractivity contribution in [3.63, 3.8) is 0 Å². The van der Waals surface area contributed by atoms with Gasteiger partial charge in [-0.3, -0.25) is 0 Å². The summed E-state index contributed by atoms with van der Waals surface area (Å²) in [6.45, 7) is 3.65. The van der Waals surface area contributed by atoms with E-state index >= 15 is 0 Å². The number of hydrogen-bond acceptors (Lipinski definition) is 6. The molecule has 0 bridgehead atoms. The van der Waals surface area contributed by atoms with Crippen LogP contribution in [0.1, 0.15) is 29.2 Å². The maximum absolute atomic E-state index is 12.8. The average molecular weight is 317 g/mol. The Morgan fingerprint density at radius 1 is 1.24 bits per heavy atom. The highest BCUT2D eigenvalue weighted by Gasteiger charge is 2.31. The predicted octanol–water partition coefficient (Wildman–Crippen LogP) is 3.32. The van der Waals surface area contributed by atoms with Crippen molar-refractivity contribution in [2.75, 3.05) is 10.7 Å². The number of nitrogen functional groups attached to an aromatic ring is 1. The molecule has 4 N–H and O–H groups in total. The molecule has 2 heterocycles. The first-order chi connectivity index (χ1) is 9.79. The van der Waals surface area contributed by atoms with Crippen LogP contribution in [-0.4, -0.2) is 9.97 Å². The van der Waals surface area contributed by atoms with Crippen molar-refractivity contribution in [1.29, 1.82) is 0 Å². The summed E-state index contributed by atoms with van der Waals surface area (Å²) < 4.78 is 38.4. The van der Waals surface area contributed by atoms with Crippen molar-refractivity contribution in [2.24, 2.45) is 5.84 Å². The number of nitrogens with two attached hydrogens (primary N) is 1. The van der Waals surface area contributed by atoms with Gasteiger partial charge in [-0.2, -0.15) is 13.2 Å². The van der Waals surface area contributed by atoms with Crippen molar-refractivity contribution < 1.29 is 13.2 Å². The Balaban J connectivity index is 2.27. The number of halogens is 3. The van der Waals surface area contributed by atoms with Crippen molar-refractivity contribution in [3.8, 4) is 0 Å². The largest absolute Gasteiger partial charge is 0.416 e. The molecule has 2 rings (SSSR count). The molecule has 1 atom stereocenters. The SMILES string of the molecule is Cc1csc(C(C)Nc2cc(C(F)(F)F)cc(NN)n2)n1. The average Bonchev–Trinajstić information content (AvgIpc) is 2.84. The minimum atomic E-state index is -4.47. The lowest BCUT2D eigenvalue weighted by Gasteiger charge is -2.15. The van der Waals surface area contributed by atoms with Gasteiger partial charge in [-0.15, -0.1) is 11.3 Å². The standard InChI is InChI=1S/C12H14F3N5S/c1-6-5-21-11(17-6)7(2)18-9-3-8(12(13,14)15)4-10(19-9)20-16/h3-5,7H,16H2,1-2H3,(H2,18,19,20). The summed E-state index contributed by atoms with van der Waals surface area (Å²) in [7, 11) is 0. The minimum Gasteiger partial charge on any atom is -0.361 e. The Labute approximate surface area is 123 Å². The van der Waals surface area contributed by atoms with Crippen LogP contribution < -0.4 is 16.6 Å². The van der Waals surface area contributed by atoms with Gasteiger partial charge in [0.1, 0.15) is 16.6 Å². The number of hydrazine groups is 1. The fraction of sp³-hybridized carbons (Fsp3) is 0.333. The highest BCUT2D eigenvalue weighted by Crippen LogP contribution is 2.32. The van der Waals surface area contributed by atoms with E-state index in [1.165, 1.54) is 11.3 Å². The number of thiazole rings is 1. The highest BCUT2D eigenvalue weighted by atomic mass is 32.1. The summed E-state index contributed by atoms with van der Waals surface area (Å²) in [5.74, 6) is 5.18. The molecule has 2 aromatic heterocycles. The molecule has 0 spiro atoms. The number of aryl methyl sites for hydroxylation is 1. The van der Waals surface area contributed by atoms with Gasteiger partial charge in [0, 0.05) is 11.1 Å². The second kappa shape index (κ2) is 5.86. The third-order valence-corrected chi connectivity index (χ3v) is 3.82. The number of rotatable bonds is 4. The van der Waals surface area contributed by atoms with E-state index in [1.54, 1.807) is 6.92 Å². The minimum absolute atomic E-state index is 0.0603. The van der Waals surface area contributed by atoms with Crippen LogP contribution >= 0.6 is 11.3 Å². The summed E-state index contributed by atoms with van der Waals surface area (Å²) in [5.41, 5.74) is 2.17. The van der Waals surface area contributed by atoms with Crippen LogP contribution in [0, 0.1) is 6.92 Å². The Morgan fingerprint density at radius 2 is 1.90 bits per heavy atom. The number of hydrogen-bond donors (Lipinski definition) is 3. The molecule has 5 nitrogen and oxygen atoms in total. The fourth-order valence-corrected chi connectivity index (χ4v) is 2.50. The second-order valence-corrected chi connectivity index (χ2v) is 5.35. The van der Waals surface area contributed by atoms with E-state index in [0.717, 1.165) is 22.8 Å². The maximum Gasteiger partial charge on any atom is 0.416 e. The third-order valence-electron chi connectivity index (χ3n) is 2.67. The van der Waals surface area contributed by atoms with Crippen LogP contribution in [0.15, 0.2) is 17.5 Å². The van der Waals surface area contributed by atoms with E-state index in [1.807, 2.05) is 12.3 Å². The molecule has 9 heteroatoms. The Hall–Kier alpha value is -1.87. The molecule has 0 aromatic carbocycles. The van der Waals surface area contributed by atoms with Crippen molar-refractivity contribution in [1.82, 2.24) is 9.97 Å². The van der Waals surface area contributed by atoms with E-state index in [2.05, 4.69) is 20.7 Å². The molecule has 0 aliphatic carbocycles. The lowest BCUT2D eigenvalue weighted by molar-refractivity contribution is -0.137. The zero-order valence-electron chi connectivity index (χ0n) is 11.3. The molecule has 0 radical (unpaired) electrons. The van der Waals surface area contributed by atoms with Gasteiger partial charge in [-0.25, -0.2) is 15.8 Å². The molecule has 0 saturated heterocycles. The van der Waals surface area contributed by atoms with Gasteiger partial charge in [-0.1, -0.05) is 0 Å². The molecule has 0 fully saturated rings. The van der Waals surface area contributed by atoms with Crippen LogP contribution in [0.3, 0.4) is 0 Å². The van der Waals surface area contributed by atoms with E-state index < -0.39 is 11.7 Å². The van der Waals surface area contributed by atoms with Crippen LogP contribution in [0.4, 0.5) is 24.8 Å². The lowest BCUT2D eigenvalue weighted by atomic mass is 10.2. The van der Waals surface area contributed by atoms with Gasteiger partial charge in [0.05, 0.1) is 11.6 Å². The Morgan fingerprint density at radius 3 is 2.43 bits per heavy atom. The number of alkyl halides is 3. The second-order valence-electron chi connectivity index (χ2n) is 4.46. The molecule has 0 aliphatic rings. The number of anilines is 2. The normalized spacial score (nSPS) is 13.0. The first-order valence-corrected chi connectivity index (χ1v) is 6.92. The van der Waals surface area contributed by atoms with Gasteiger partial charge in [0.25, 0.3) is 0 Å². The molecule has 0 saturated carbocycles. The topological polar surface area (TPSA) is 75.9 Å². The van der Waals surface area contributed by atoms with Gasteiger partial charge < -0.3 is 10.7 Å². The number of aromatic nitrogens is 2. The van der Waals surface area contributed by atoms with Crippen LogP contribution in [0.25, 0.3) is 0 Å². The number of pyridine rings is 1. The first kappa shape index (κ1) is 15.5. The molecule has 0 aliphatic heterocycles. The summed E-state index contributed by atoms with van der Waals surface area (Å²) in [6.07, 6.45) is -4.47.